The van der Waals surface area contributed by atoms with Gasteiger partial charge in [-0.05, 0) is 65.4 Å². The van der Waals surface area contributed by atoms with Gasteiger partial charge in [-0.3, -0.25) is 5.41 Å². The molecular formula is C23H25N5S2. The number of aliphatic imine (C=N–C) groups is 1. The van der Waals surface area contributed by atoms with E-state index >= 15 is 0 Å². The van der Waals surface area contributed by atoms with Crippen LogP contribution < -0.4 is 11.1 Å². The van der Waals surface area contributed by atoms with Gasteiger partial charge < -0.3 is 16.0 Å². The number of thiophene rings is 2. The Hall–Kier alpha value is -2.64. The van der Waals surface area contributed by atoms with Gasteiger partial charge in [0.15, 0.2) is 0 Å². The number of piperidine rings is 1. The quantitative estimate of drug-likeness (QED) is 0.394. The standard InChI is InChI=1S/C23H25N5S2/c24-22(20-3-1-11-29-20)27-16-5-6-19-17(13-16)18(14-26-19)15-7-9-28(10-8-15)23(25)21-4-2-12-30-21/h1-6,11-13,15,18,25-26H,7-10,14H2,(H2,24,27). The fraction of sp³-hybridized carbons (Fsp3) is 0.304. The van der Waals surface area contributed by atoms with E-state index in [1.807, 2.05) is 41.1 Å². The molecule has 0 radical (unpaired) electrons. The van der Waals surface area contributed by atoms with E-state index in [9.17, 15) is 0 Å². The average Bonchev–Trinajstić information content (AvgIpc) is 3.55. The Balaban J connectivity index is 1.29. The summed E-state index contributed by atoms with van der Waals surface area (Å²) in [5.41, 5.74) is 9.71. The minimum Gasteiger partial charge on any atom is -0.384 e. The fourth-order valence-electron chi connectivity index (χ4n) is 4.55. The van der Waals surface area contributed by atoms with E-state index in [0.29, 0.717) is 23.5 Å². The molecule has 1 fully saturated rings. The van der Waals surface area contributed by atoms with Crippen molar-refractivity contribution in [3.05, 3.63) is 68.5 Å². The topological polar surface area (TPSA) is 77.5 Å². The first-order valence-electron chi connectivity index (χ1n) is 10.3. The van der Waals surface area contributed by atoms with Gasteiger partial charge in [0.25, 0.3) is 0 Å². The Bertz CT molecular complexity index is 1050. The normalized spacial score (nSPS) is 19.5. The largest absolute Gasteiger partial charge is 0.384 e. The molecule has 0 amide bonds. The van der Waals surface area contributed by atoms with Gasteiger partial charge in [-0.2, -0.15) is 0 Å². The van der Waals surface area contributed by atoms with Crippen LogP contribution in [0.1, 0.15) is 34.1 Å². The van der Waals surface area contributed by atoms with E-state index in [2.05, 4.69) is 27.3 Å². The Kier molecular flexibility index (Phi) is 5.31. The molecule has 2 aliphatic rings. The molecule has 154 valence electrons. The minimum atomic E-state index is 0.496. The number of nitrogens with two attached hydrogens (primary N) is 1. The number of rotatable bonds is 4. The Morgan fingerprint density at radius 1 is 1.07 bits per heavy atom. The summed E-state index contributed by atoms with van der Waals surface area (Å²) in [5, 5.41) is 16.1. The number of anilines is 1. The molecule has 5 nitrogen and oxygen atoms in total. The molecule has 1 atom stereocenters. The van der Waals surface area contributed by atoms with Crippen LogP contribution in [0.5, 0.6) is 0 Å². The van der Waals surface area contributed by atoms with E-state index in [1.54, 1.807) is 22.7 Å². The second kappa shape index (κ2) is 8.24. The van der Waals surface area contributed by atoms with E-state index in [1.165, 1.54) is 11.3 Å². The van der Waals surface area contributed by atoms with Gasteiger partial charge >= 0.3 is 0 Å². The molecule has 0 aliphatic carbocycles. The predicted octanol–water partition coefficient (Wildman–Crippen LogP) is 5.09. The smallest absolute Gasteiger partial charge is 0.141 e. The fourth-order valence-corrected chi connectivity index (χ4v) is 5.88. The summed E-state index contributed by atoms with van der Waals surface area (Å²) in [6.07, 6.45) is 2.23. The van der Waals surface area contributed by atoms with Crippen molar-refractivity contribution in [2.24, 2.45) is 16.6 Å². The second-order valence-electron chi connectivity index (χ2n) is 7.88. The minimum absolute atomic E-state index is 0.496. The van der Waals surface area contributed by atoms with Crippen LogP contribution in [-0.2, 0) is 0 Å². The van der Waals surface area contributed by atoms with Gasteiger partial charge in [-0.25, -0.2) is 4.99 Å². The highest BCUT2D eigenvalue weighted by Crippen LogP contribution is 2.42. The van der Waals surface area contributed by atoms with Crippen LogP contribution in [0.3, 0.4) is 0 Å². The lowest BCUT2D eigenvalue weighted by Crippen LogP contribution is -2.39. The van der Waals surface area contributed by atoms with Gasteiger partial charge in [-0.15, -0.1) is 22.7 Å². The third-order valence-corrected chi connectivity index (χ3v) is 7.92. The van der Waals surface area contributed by atoms with Crippen molar-refractivity contribution < 1.29 is 0 Å². The Labute approximate surface area is 184 Å². The zero-order valence-electron chi connectivity index (χ0n) is 16.7. The number of nitrogens with zero attached hydrogens (tertiary/aromatic N) is 2. The zero-order valence-corrected chi connectivity index (χ0v) is 18.3. The first-order valence-corrected chi connectivity index (χ1v) is 12.1. The monoisotopic (exact) mass is 435 g/mol. The summed E-state index contributed by atoms with van der Waals surface area (Å²) in [4.78, 5) is 8.96. The van der Waals surface area contributed by atoms with Crippen molar-refractivity contribution in [3.63, 3.8) is 0 Å². The van der Waals surface area contributed by atoms with E-state index in [0.717, 1.165) is 47.9 Å². The highest BCUT2D eigenvalue weighted by atomic mass is 32.1. The molecule has 1 unspecified atom stereocenters. The van der Waals surface area contributed by atoms with Crippen LogP contribution in [0.4, 0.5) is 11.4 Å². The van der Waals surface area contributed by atoms with Crippen LogP contribution in [0.2, 0.25) is 0 Å². The molecule has 30 heavy (non-hydrogen) atoms. The van der Waals surface area contributed by atoms with Crippen LogP contribution >= 0.6 is 22.7 Å². The molecule has 2 aliphatic heterocycles. The first-order chi connectivity index (χ1) is 14.7. The molecule has 0 saturated carbocycles. The van der Waals surface area contributed by atoms with Gasteiger partial charge in [0.1, 0.15) is 11.7 Å². The van der Waals surface area contributed by atoms with Gasteiger partial charge in [0.2, 0.25) is 0 Å². The molecule has 3 aromatic rings. The third kappa shape index (κ3) is 3.75. The number of amidine groups is 2. The maximum atomic E-state index is 8.48. The molecule has 4 heterocycles. The summed E-state index contributed by atoms with van der Waals surface area (Å²) in [6.45, 7) is 2.89. The molecule has 7 heteroatoms. The van der Waals surface area contributed by atoms with Crippen molar-refractivity contribution in [1.29, 1.82) is 5.41 Å². The average molecular weight is 436 g/mol. The summed E-state index contributed by atoms with van der Waals surface area (Å²) < 4.78 is 0. The van der Waals surface area contributed by atoms with Gasteiger partial charge in [0.05, 0.1) is 15.4 Å². The number of likely N-dealkylation sites (tertiary alicyclic amines) is 1. The SMILES string of the molecule is N=C(c1cccs1)N1CCC(C2CNc3ccc(N=C(N)c4cccs4)cc32)CC1. The lowest BCUT2D eigenvalue weighted by Gasteiger charge is -2.36. The number of nitrogens with one attached hydrogen (secondary N) is 2. The Morgan fingerprint density at radius 2 is 1.80 bits per heavy atom. The summed E-state index contributed by atoms with van der Waals surface area (Å²) in [5.74, 6) is 2.37. The molecule has 1 aromatic carbocycles. The molecule has 1 saturated heterocycles. The lowest BCUT2D eigenvalue weighted by atomic mass is 9.81. The van der Waals surface area contributed by atoms with Gasteiger partial charge in [-0.1, -0.05) is 12.1 Å². The van der Waals surface area contributed by atoms with E-state index in [4.69, 9.17) is 11.1 Å². The Morgan fingerprint density at radius 3 is 2.50 bits per heavy atom. The van der Waals surface area contributed by atoms with Crippen molar-refractivity contribution in [3.8, 4) is 0 Å². The number of hydrogen-bond acceptors (Lipinski definition) is 5. The van der Waals surface area contributed by atoms with E-state index in [-0.39, 0.29) is 0 Å². The van der Waals surface area contributed by atoms with Gasteiger partial charge in [0, 0.05) is 31.2 Å². The summed E-state index contributed by atoms with van der Waals surface area (Å²) >= 11 is 3.26. The van der Waals surface area contributed by atoms with Crippen LogP contribution in [-0.4, -0.2) is 36.2 Å². The van der Waals surface area contributed by atoms with Crippen molar-refractivity contribution in [2.75, 3.05) is 25.0 Å². The molecule has 5 rings (SSSR count). The maximum absolute atomic E-state index is 8.48. The maximum Gasteiger partial charge on any atom is 0.141 e. The highest BCUT2D eigenvalue weighted by molar-refractivity contribution is 7.12. The third-order valence-electron chi connectivity index (χ3n) is 6.15. The predicted molar refractivity (Wildman–Crippen MR) is 128 cm³/mol. The highest BCUT2D eigenvalue weighted by Gasteiger charge is 2.33. The second-order valence-corrected chi connectivity index (χ2v) is 9.78. The van der Waals surface area contributed by atoms with Crippen molar-refractivity contribution in [1.82, 2.24) is 4.90 Å². The van der Waals surface area contributed by atoms with Crippen LogP contribution in [0, 0.1) is 11.3 Å². The van der Waals surface area contributed by atoms with Crippen LogP contribution in [0.15, 0.2) is 58.2 Å². The summed E-state index contributed by atoms with van der Waals surface area (Å²) in [7, 11) is 0. The molecular weight excluding hydrogens is 410 g/mol. The van der Waals surface area contributed by atoms with Crippen molar-refractivity contribution in [2.45, 2.75) is 18.8 Å². The first kappa shape index (κ1) is 19.3. The summed E-state index contributed by atoms with van der Waals surface area (Å²) in [6, 6.07) is 14.4. The molecule has 4 N–H and O–H groups in total. The number of fused-ring (bicyclic) bond motifs is 1. The van der Waals surface area contributed by atoms with E-state index < -0.39 is 0 Å². The van der Waals surface area contributed by atoms with Crippen molar-refractivity contribution >= 4 is 45.7 Å². The van der Waals surface area contributed by atoms with Crippen LogP contribution in [0.25, 0.3) is 0 Å². The molecule has 2 aromatic heterocycles. The molecule has 0 spiro atoms. The zero-order chi connectivity index (χ0) is 20.5. The number of benzene rings is 1. The molecule has 0 bridgehead atoms. The number of hydrogen-bond donors (Lipinski definition) is 3. The lowest BCUT2D eigenvalue weighted by molar-refractivity contribution is 0.242.